The third kappa shape index (κ3) is 4.51. The van der Waals surface area contributed by atoms with Crippen LogP contribution in [0.15, 0.2) is 23.7 Å². The normalized spacial score (nSPS) is 13.1. The zero-order valence-corrected chi connectivity index (χ0v) is 15.2. The van der Waals surface area contributed by atoms with E-state index in [2.05, 4.69) is 30.9 Å². The highest BCUT2D eigenvalue weighted by atomic mass is 32.1. The Hall–Kier alpha value is -2.76. The lowest BCUT2D eigenvalue weighted by molar-refractivity contribution is -0.146. The van der Waals surface area contributed by atoms with Gasteiger partial charge < -0.3 is 10.6 Å². The first-order valence-corrected chi connectivity index (χ1v) is 8.88. The molecule has 0 spiro atoms. The fraction of sp³-hybridized carbons (Fsp3) is 0.400. The molecule has 12 heteroatoms. The van der Waals surface area contributed by atoms with Crippen molar-refractivity contribution in [1.82, 2.24) is 24.8 Å². The summed E-state index contributed by atoms with van der Waals surface area (Å²) in [6.45, 7) is 3.87. The van der Waals surface area contributed by atoms with Crippen LogP contribution in [-0.2, 0) is 11.0 Å². The van der Waals surface area contributed by atoms with Crippen molar-refractivity contribution in [1.29, 1.82) is 0 Å². The molecule has 3 aromatic rings. The maximum atomic E-state index is 13.0. The number of thiazole rings is 1. The second-order valence-corrected chi connectivity index (χ2v) is 7.06. The van der Waals surface area contributed by atoms with E-state index in [0.717, 1.165) is 0 Å². The minimum atomic E-state index is -4.69. The van der Waals surface area contributed by atoms with Crippen LogP contribution in [0, 0.1) is 5.92 Å². The summed E-state index contributed by atoms with van der Waals surface area (Å²) in [5.74, 6) is -1.31. The Morgan fingerprint density at radius 1 is 1.30 bits per heavy atom. The van der Waals surface area contributed by atoms with Crippen LogP contribution >= 0.6 is 11.3 Å². The number of fused-ring (bicyclic) bond motifs is 1. The summed E-state index contributed by atoms with van der Waals surface area (Å²) >= 11 is 1.27. The standard InChI is InChI=1S/C15H16F3N7OS/c1-8(2)7-9(12(26)21-14-19-5-6-27-14)20-10-3-4-11-22-23-13(15(16,17)18)25(11)24-10/h3-6,8-9H,7H2,1-2H3,(H,20,24)(H,19,21,26)/t9-/m1/s1. The second-order valence-electron chi connectivity index (χ2n) is 6.16. The van der Waals surface area contributed by atoms with Crippen LogP contribution in [0.1, 0.15) is 26.1 Å². The molecule has 0 fully saturated rings. The lowest BCUT2D eigenvalue weighted by atomic mass is 10.0. The Morgan fingerprint density at radius 3 is 2.70 bits per heavy atom. The van der Waals surface area contributed by atoms with Gasteiger partial charge in [-0.15, -0.1) is 26.6 Å². The van der Waals surface area contributed by atoms with E-state index < -0.39 is 18.0 Å². The second kappa shape index (κ2) is 7.47. The molecular weight excluding hydrogens is 383 g/mol. The van der Waals surface area contributed by atoms with Gasteiger partial charge in [-0.25, -0.2) is 4.98 Å². The number of rotatable bonds is 6. The highest BCUT2D eigenvalue weighted by Gasteiger charge is 2.37. The number of anilines is 2. The molecule has 0 aliphatic heterocycles. The van der Waals surface area contributed by atoms with Gasteiger partial charge in [-0.05, 0) is 24.5 Å². The first kappa shape index (κ1) is 19.0. The summed E-state index contributed by atoms with van der Waals surface area (Å²) in [5, 5.41) is 18.2. The molecule has 0 saturated carbocycles. The monoisotopic (exact) mass is 399 g/mol. The van der Waals surface area contributed by atoms with Crippen LogP contribution in [0.4, 0.5) is 24.1 Å². The van der Waals surface area contributed by atoms with Gasteiger partial charge in [-0.3, -0.25) is 4.79 Å². The largest absolute Gasteiger partial charge is 0.453 e. The number of carbonyl (C=O) groups excluding carboxylic acids is 1. The topological polar surface area (TPSA) is 97.1 Å². The molecule has 3 rings (SSSR count). The van der Waals surface area contributed by atoms with Gasteiger partial charge in [0, 0.05) is 11.6 Å². The van der Waals surface area contributed by atoms with E-state index >= 15 is 0 Å². The quantitative estimate of drug-likeness (QED) is 0.661. The average molecular weight is 399 g/mol. The van der Waals surface area contributed by atoms with Gasteiger partial charge in [0.25, 0.3) is 5.82 Å². The summed E-state index contributed by atoms with van der Waals surface area (Å²) in [4.78, 5) is 16.5. The Labute approximate surface area is 155 Å². The van der Waals surface area contributed by atoms with E-state index in [0.29, 0.717) is 16.1 Å². The van der Waals surface area contributed by atoms with Crippen molar-refractivity contribution in [2.24, 2.45) is 5.92 Å². The van der Waals surface area contributed by atoms with Crippen LogP contribution in [0.25, 0.3) is 5.65 Å². The molecular formula is C15H16F3N7OS. The number of aromatic nitrogens is 5. The van der Waals surface area contributed by atoms with Crippen molar-refractivity contribution in [3.05, 3.63) is 29.5 Å². The number of amides is 1. The third-order valence-corrected chi connectivity index (χ3v) is 4.21. The highest BCUT2D eigenvalue weighted by Crippen LogP contribution is 2.27. The van der Waals surface area contributed by atoms with E-state index in [4.69, 9.17) is 0 Å². The van der Waals surface area contributed by atoms with Crippen molar-refractivity contribution in [3.63, 3.8) is 0 Å². The number of carbonyl (C=O) groups is 1. The van der Waals surface area contributed by atoms with Crippen LogP contribution < -0.4 is 10.6 Å². The SMILES string of the molecule is CC(C)C[C@@H](Nc1ccc2nnc(C(F)(F)F)n2n1)C(=O)Nc1nccs1. The molecule has 1 amide bonds. The van der Waals surface area contributed by atoms with Crippen LogP contribution in [0.3, 0.4) is 0 Å². The summed E-state index contributed by atoms with van der Waals surface area (Å²) in [6.07, 6.45) is -2.68. The number of nitrogens with one attached hydrogen (secondary N) is 2. The minimum Gasteiger partial charge on any atom is -0.357 e. The van der Waals surface area contributed by atoms with Crippen molar-refractivity contribution >= 4 is 33.8 Å². The van der Waals surface area contributed by atoms with Crippen LogP contribution in [0.5, 0.6) is 0 Å². The van der Waals surface area contributed by atoms with Crippen molar-refractivity contribution in [2.45, 2.75) is 32.5 Å². The van der Waals surface area contributed by atoms with Crippen LogP contribution in [0.2, 0.25) is 0 Å². The van der Waals surface area contributed by atoms with Crippen molar-refractivity contribution in [3.8, 4) is 0 Å². The molecule has 0 bridgehead atoms. The molecule has 8 nitrogen and oxygen atoms in total. The van der Waals surface area contributed by atoms with E-state index in [1.165, 1.54) is 23.5 Å². The average Bonchev–Trinajstić information content (AvgIpc) is 3.22. The first-order valence-electron chi connectivity index (χ1n) is 8.00. The fourth-order valence-electron chi connectivity index (χ4n) is 2.40. The Morgan fingerprint density at radius 2 is 2.07 bits per heavy atom. The van der Waals surface area contributed by atoms with Gasteiger partial charge in [0.2, 0.25) is 5.91 Å². The molecule has 1 atom stereocenters. The van der Waals surface area contributed by atoms with Crippen molar-refractivity contribution < 1.29 is 18.0 Å². The maximum Gasteiger partial charge on any atom is 0.453 e. The molecule has 0 saturated heterocycles. The van der Waals surface area contributed by atoms with Crippen molar-refractivity contribution in [2.75, 3.05) is 10.6 Å². The summed E-state index contributed by atoms with van der Waals surface area (Å²) in [7, 11) is 0. The zero-order valence-electron chi connectivity index (χ0n) is 14.4. The van der Waals surface area contributed by atoms with Gasteiger partial charge in [-0.1, -0.05) is 13.8 Å². The Kier molecular flexibility index (Phi) is 5.26. The number of alkyl halides is 3. The van der Waals surface area contributed by atoms with E-state index in [9.17, 15) is 18.0 Å². The van der Waals surface area contributed by atoms with E-state index in [1.807, 2.05) is 13.8 Å². The maximum absolute atomic E-state index is 13.0. The summed E-state index contributed by atoms with van der Waals surface area (Å²) in [5.41, 5.74) is -0.0412. The molecule has 0 aromatic carbocycles. The first-order chi connectivity index (χ1) is 12.7. The number of halogens is 3. The molecule has 3 heterocycles. The molecule has 0 radical (unpaired) electrons. The number of hydrogen-bond donors (Lipinski definition) is 2. The molecule has 3 aromatic heterocycles. The molecule has 0 aliphatic rings. The molecule has 0 unspecified atom stereocenters. The predicted molar refractivity (Wildman–Crippen MR) is 93.4 cm³/mol. The molecule has 0 aliphatic carbocycles. The van der Waals surface area contributed by atoms with Crippen LogP contribution in [-0.4, -0.2) is 36.7 Å². The van der Waals surface area contributed by atoms with Gasteiger partial charge in [0.05, 0.1) is 0 Å². The van der Waals surface area contributed by atoms with Gasteiger partial charge in [-0.2, -0.15) is 17.7 Å². The molecule has 2 N–H and O–H groups in total. The Bertz CT molecular complexity index is 923. The lowest BCUT2D eigenvalue weighted by Crippen LogP contribution is -2.36. The van der Waals surface area contributed by atoms with E-state index in [1.54, 1.807) is 11.6 Å². The molecule has 27 heavy (non-hydrogen) atoms. The fourth-order valence-corrected chi connectivity index (χ4v) is 2.93. The van der Waals surface area contributed by atoms with E-state index in [-0.39, 0.29) is 23.3 Å². The molecule has 144 valence electrons. The number of nitrogens with zero attached hydrogens (tertiary/aromatic N) is 5. The minimum absolute atomic E-state index is 0.0412. The van der Waals surface area contributed by atoms with Gasteiger partial charge >= 0.3 is 6.18 Å². The lowest BCUT2D eigenvalue weighted by Gasteiger charge is -2.20. The third-order valence-electron chi connectivity index (χ3n) is 3.52. The predicted octanol–water partition coefficient (Wildman–Crippen LogP) is 3.06. The zero-order chi connectivity index (χ0) is 19.6. The van der Waals surface area contributed by atoms with Gasteiger partial charge in [0.15, 0.2) is 10.8 Å². The summed E-state index contributed by atoms with van der Waals surface area (Å²) < 4.78 is 39.6. The van der Waals surface area contributed by atoms with Gasteiger partial charge in [0.1, 0.15) is 11.9 Å². The smallest absolute Gasteiger partial charge is 0.357 e. The summed E-state index contributed by atoms with van der Waals surface area (Å²) in [6, 6.07) is 2.10. The number of hydrogen-bond acceptors (Lipinski definition) is 7. The Balaban J connectivity index is 1.85. The highest BCUT2D eigenvalue weighted by molar-refractivity contribution is 7.13.